The van der Waals surface area contributed by atoms with Crippen LogP contribution in [0.4, 0.5) is 29.1 Å². The van der Waals surface area contributed by atoms with Gasteiger partial charge in [0.2, 0.25) is 5.88 Å². The highest BCUT2D eigenvalue weighted by Crippen LogP contribution is 2.42. The Morgan fingerprint density at radius 2 is 1.82 bits per heavy atom. The number of rotatable bonds is 7. The second-order valence-electron chi connectivity index (χ2n) is 11.0. The van der Waals surface area contributed by atoms with E-state index in [0.717, 1.165) is 38.1 Å². The number of alkyl halides is 3. The molecular formula is C31H33F4N5O5. The first-order valence-electron chi connectivity index (χ1n) is 14.3. The zero-order chi connectivity index (χ0) is 32.5. The lowest BCUT2D eigenvalue weighted by molar-refractivity contribution is -0.138. The van der Waals surface area contributed by atoms with Crippen LogP contribution in [0.3, 0.4) is 0 Å². The molecule has 0 aliphatic carbocycles. The van der Waals surface area contributed by atoms with E-state index in [4.69, 9.17) is 14.2 Å². The highest BCUT2D eigenvalue weighted by Gasteiger charge is 2.37. The number of pyridine rings is 1. The molecule has 45 heavy (non-hydrogen) atoms. The lowest BCUT2D eigenvalue weighted by Crippen LogP contribution is -2.43. The second-order valence-corrected chi connectivity index (χ2v) is 11.0. The van der Waals surface area contributed by atoms with Crippen molar-refractivity contribution in [2.45, 2.75) is 32.0 Å². The van der Waals surface area contributed by atoms with Gasteiger partial charge in [-0.25, -0.2) is 4.39 Å². The molecule has 2 aliphatic rings. The zero-order valence-electron chi connectivity index (χ0n) is 25.2. The SMILES string of the molecule is COc1cc(C(=O)NC2CCN(C)CC2)c(F)cc1Nc1nc(Oc2cccc3c2C(=O)N(C)CCO3)c(C(F)(F)F)cc1C. The third-order valence-corrected chi connectivity index (χ3v) is 7.76. The maximum absolute atomic E-state index is 15.3. The van der Waals surface area contributed by atoms with Crippen molar-refractivity contribution in [1.29, 1.82) is 0 Å². The number of fused-ring (bicyclic) bond motifs is 1. The lowest BCUT2D eigenvalue weighted by Gasteiger charge is -2.29. The number of nitrogens with one attached hydrogen (secondary N) is 2. The molecule has 3 heterocycles. The fraction of sp³-hybridized carbons (Fsp3) is 0.387. The summed E-state index contributed by atoms with van der Waals surface area (Å²) in [6, 6.07) is 7.34. The smallest absolute Gasteiger partial charge is 0.421 e. The van der Waals surface area contributed by atoms with Gasteiger partial charge in [0.1, 0.15) is 46.6 Å². The van der Waals surface area contributed by atoms with E-state index < -0.39 is 35.3 Å². The van der Waals surface area contributed by atoms with Crippen LogP contribution in [0.25, 0.3) is 0 Å². The first kappa shape index (κ1) is 31.8. The molecule has 2 N–H and O–H groups in total. The van der Waals surface area contributed by atoms with E-state index in [2.05, 4.69) is 20.5 Å². The highest BCUT2D eigenvalue weighted by molar-refractivity contribution is 6.00. The van der Waals surface area contributed by atoms with Crippen molar-refractivity contribution >= 4 is 23.3 Å². The number of aryl methyl sites for hydroxylation is 1. The van der Waals surface area contributed by atoms with Crippen LogP contribution < -0.4 is 24.8 Å². The second kappa shape index (κ2) is 12.8. The molecule has 0 radical (unpaired) electrons. The molecule has 2 aliphatic heterocycles. The summed E-state index contributed by atoms with van der Waals surface area (Å²) in [5.41, 5.74) is -1.38. The van der Waals surface area contributed by atoms with Crippen molar-refractivity contribution in [1.82, 2.24) is 20.1 Å². The van der Waals surface area contributed by atoms with Crippen molar-refractivity contribution in [3.8, 4) is 23.1 Å². The number of ether oxygens (including phenoxy) is 3. The fourth-order valence-electron chi connectivity index (χ4n) is 5.16. The minimum Gasteiger partial charge on any atom is -0.495 e. The van der Waals surface area contributed by atoms with Gasteiger partial charge in [-0.2, -0.15) is 18.2 Å². The molecule has 0 bridgehead atoms. The summed E-state index contributed by atoms with van der Waals surface area (Å²) >= 11 is 0. The Morgan fingerprint density at radius 3 is 2.51 bits per heavy atom. The van der Waals surface area contributed by atoms with Crippen molar-refractivity contribution in [3.63, 3.8) is 0 Å². The van der Waals surface area contributed by atoms with Crippen LogP contribution in [0.1, 0.15) is 44.7 Å². The van der Waals surface area contributed by atoms with Crippen LogP contribution in [0, 0.1) is 12.7 Å². The van der Waals surface area contributed by atoms with Gasteiger partial charge in [0.05, 0.1) is 24.9 Å². The van der Waals surface area contributed by atoms with E-state index in [-0.39, 0.29) is 64.6 Å². The predicted molar refractivity (Wildman–Crippen MR) is 157 cm³/mol. The third-order valence-electron chi connectivity index (χ3n) is 7.76. The standard InChI is InChI=1S/C31H33F4N5O5/c1-17-14-20(31(33,34)35)29(45-24-7-5-6-23-26(24)30(42)40(3)12-13-44-23)38-27(17)37-22-16-21(32)19(15-25(22)43-4)28(41)36-18-8-10-39(2)11-9-18/h5-7,14-16,18H,8-13H2,1-4H3,(H,36,41)(H,37,38). The number of likely N-dealkylation sites (tertiary alicyclic amines) is 1. The Kier molecular flexibility index (Phi) is 9.05. The fourth-order valence-corrected chi connectivity index (χ4v) is 5.16. The molecule has 10 nitrogen and oxygen atoms in total. The molecule has 2 aromatic carbocycles. The van der Waals surface area contributed by atoms with Crippen LogP contribution in [0.5, 0.6) is 23.1 Å². The van der Waals surface area contributed by atoms with Gasteiger partial charge in [0.15, 0.2) is 0 Å². The number of carbonyl (C=O) groups is 2. The van der Waals surface area contributed by atoms with Crippen molar-refractivity contribution in [2.75, 3.05) is 52.8 Å². The molecule has 14 heteroatoms. The molecule has 1 fully saturated rings. The molecule has 0 atom stereocenters. The van der Waals surface area contributed by atoms with Crippen LogP contribution in [0.2, 0.25) is 0 Å². The summed E-state index contributed by atoms with van der Waals surface area (Å²) in [4.78, 5) is 33.6. The first-order valence-corrected chi connectivity index (χ1v) is 14.3. The Labute approximate surface area is 257 Å². The molecule has 1 aromatic heterocycles. The number of hydrogen-bond donors (Lipinski definition) is 2. The summed E-state index contributed by atoms with van der Waals surface area (Å²) in [6.45, 7) is 3.47. The minimum absolute atomic E-state index is 0.0194. The Morgan fingerprint density at radius 1 is 1.09 bits per heavy atom. The van der Waals surface area contributed by atoms with Gasteiger partial charge in [-0.05, 0) is 69.7 Å². The number of aromatic nitrogens is 1. The maximum atomic E-state index is 15.3. The van der Waals surface area contributed by atoms with Crippen LogP contribution in [-0.4, -0.2) is 80.1 Å². The van der Waals surface area contributed by atoms with Gasteiger partial charge < -0.3 is 34.6 Å². The van der Waals surface area contributed by atoms with E-state index in [1.807, 2.05) is 7.05 Å². The number of carbonyl (C=O) groups excluding carboxylic acids is 2. The molecule has 1 saturated heterocycles. The summed E-state index contributed by atoms with van der Waals surface area (Å²) in [5, 5.41) is 5.67. The summed E-state index contributed by atoms with van der Waals surface area (Å²) in [5.74, 6) is -2.83. The van der Waals surface area contributed by atoms with E-state index >= 15 is 4.39 Å². The van der Waals surface area contributed by atoms with E-state index in [0.29, 0.717) is 0 Å². The molecule has 0 saturated carbocycles. The zero-order valence-corrected chi connectivity index (χ0v) is 25.2. The number of halogens is 4. The summed E-state index contributed by atoms with van der Waals surface area (Å²) in [7, 11) is 4.85. The maximum Gasteiger partial charge on any atom is 0.421 e. The molecular weight excluding hydrogens is 598 g/mol. The van der Waals surface area contributed by atoms with Crippen LogP contribution in [0.15, 0.2) is 36.4 Å². The van der Waals surface area contributed by atoms with E-state index in [1.54, 1.807) is 7.05 Å². The van der Waals surface area contributed by atoms with Gasteiger partial charge in [0.25, 0.3) is 11.8 Å². The predicted octanol–water partition coefficient (Wildman–Crippen LogP) is 5.38. The monoisotopic (exact) mass is 631 g/mol. The normalized spacial score (nSPS) is 16.0. The molecule has 2 amide bonds. The largest absolute Gasteiger partial charge is 0.495 e. The van der Waals surface area contributed by atoms with Gasteiger partial charge >= 0.3 is 6.18 Å². The number of piperidine rings is 1. The number of methoxy groups -OCH3 is 1. The molecule has 0 spiro atoms. The highest BCUT2D eigenvalue weighted by atomic mass is 19.4. The third kappa shape index (κ3) is 6.90. The molecule has 5 rings (SSSR count). The van der Waals surface area contributed by atoms with E-state index in [1.165, 1.54) is 43.2 Å². The number of likely N-dealkylation sites (N-methyl/N-ethyl adjacent to an activating group) is 1. The van der Waals surface area contributed by atoms with Gasteiger partial charge in [-0.3, -0.25) is 9.59 Å². The topological polar surface area (TPSA) is 105 Å². The number of amides is 2. The summed E-state index contributed by atoms with van der Waals surface area (Å²) in [6.07, 6.45) is -3.40. The molecule has 240 valence electrons. The Hall–Kier alpha value is -4.59. The van der Waals surface area contributed by atoms with Crippen molar-refractivity contribution in [2.24, 2.45) is 0 Å². The van der Waals surface area contributed by atoms with Gasteiger partial charge in [-0.15, -0.1) is 0 Å². The number of nitrogens with zero attached hydrogens (tertiary/aromatic N) is 3. The number of benzene rings is 2. The Balaban J connectivity index is 1.47. The average Bonchev–Trinajstić information content (AvgIpc) is 3.13. The van der Waals surface area contributed by atoms with E-state index in [9.17, 15) is 22.8 Å². The average molecular weight is 632 g/mol. The first-order chi connectivity index (χ1) is 21.3. The molecule has 0 unspecified atom stereocenters. The quantitative estimate of drug-likeness (QED) is 0.335. The van der Waals surface area contributed by atoms with Crippen molar-refractivity contribution in [3.05, 3.63) is 64.5 Å². The number of anilines is 2. The van der Waals surface area contributed by atoms with Crippen molar-refractivity contribution < 1.29 is 41.4 Å². The lowest BCUT2D eigenvalue weighted by atomic mass is 10.0. The Bertz CT molecular complexity index is 1610. The van der Waals surface area contributed by atoms with Crippen LogP contribution in [-0.2, 0) is 6.18 Å². The number of hydrogen-bond acceptors (Lipinski definition) is 8. The minimum atomic E-state index is -4.86. The summed E-state index contributed by atoms with van der Waals surface area (Å²) < 4.78 is 74.5. The van der Waals surface area contributed by atoms with Gasteiger partial charge in [-0.1, -0.05) is 6.07 Å². The van der Waals surface area contributed by atoms with Gasteiger partial charge in [0, 0.05) is 19.2 Å². The molecule has 3 aromatic rings. The van der Waals surface area contributed by atoms with Crippen LogP contribution >= 0.6 is 0 Å².